The predicted molar refractivity (Wildman–Crippen MR) is 104 cm³/mol. The lowest BCUT2D eigenvalue weighted by Crippen LogP contribution is -2.44. The van der Waals surface area contributed by atoms with Crippen LogP contribution in [0.15, 0.2) is 24.5 Å². The largest absolute Gasteiger partial charge is 0.354 e. The first-order chi connectivity index (χ1) is 12.4. The molecule has 0 unspecified atom stereocenters. The summed E-state index contributed by atoms with van der Waals surface area (Å²) < 4.78 is 1.88. The van der Waals surface area contributed by atoms with Crippen molar-refractivity contribution >= 4 is 17.4 Å². The first-order valence-electron chi connectivity index (χ1n) is 9.17. The maximum Gasteiger partial charge on any atom is 0.259 e. The number of aromatic nitrogens is 3. The zero-order chi connectivity index (χ0) is 18.7. The zero-order valence-electron chi connectivity index (χ0n) is 16.1. The summed E-state index contributed by atoms with van der Waals surface area (Å²) in [4.78, 5) is 21.6. The molecule has 0 aromatic carbocycles. The van der Waals surface area contributed by atoms with Crippen molar-refractivity contribution in [3.8, 4) is 0 Å². The normalized spacial score (nSPS) is 15.5. The summed E-state index contributed by atoms with van der Waals surface area (Å²) in [5, 5.41) is 7.25. The molecule has 3 rings (SSSR count). The minimum Gasteiger partial charge on any atom is -0.354 e. The van der Waals surface area contributed by atoms with Gasteiger partial charge >= 0.3 is 0 Å². The van der Waals surface area contributed by atoms with E-state index in [1.54, 1.807) is 12.4 Å². The average Bonchev–Trinajstić information content (AvgIpc) is 2.96. The molecule has 140 valence electrons. The minimum atomic E-state index is -0.147. The number of pyridine rings is 1. The van der Waals surface area contributed by atoms with Crippen molar-refractivity contribution in [3.05, 3.63) is 35.8 Å². The number of piperazine rings is 1. The van der Waals surface area contributed by atoms with Gasteiger partial charge in [-0.25, -0.2) is 4.98 Å². The van der Waals surface area contributed by atoms with Gasteiger partial charge in [0.05, 0.1) is 23.6 Å². The second-order valence-corrected chi connectivity index (χ2v) is 7.37. The molecule has 0 aliphatic carbocycles. The Bertz CT molecular complexity index is 744. The highest BCUT2D eigenvalue weighted by molar-refractivity contribution is 6.04. The van der Waals surface area contributed by atoms with Crippen molar-refractivity contribution in [2.45, 2.75) is 27.3 Å². The van der Waals surface area contributed by atoms with Gasteiger partial charge < -0.3 is 15.1 Å². The Morgan fingerprint density at radius 3 is 2.54 bits per heavy atom. The lowest BCUT2D eigenvalue weighted by molar-refractivity contribution is 0.102. The summed E-state index contributed by atoms with van der Waals surface area (Å²) in [6.45, 7) is 11.0. The standard InChI is InChI=1S/C19H28N6O/c1-14(2)13-25-15(3)17(12-21-25)19(26)22-16-5-6-18(20-11-16)24-9-7-23(4)8-10-24/h5-6,11-12,14H,7-10,13H2,1-4H3,(H,22,26). The molecule has 1 amide bonds. The van der Waals surface area contributed by atoms with Crippen LogP contribution >= 0.6 is 0 Å². The van der Waals surface area contributed by atoms with Crippen LogP contribution in [0.4, 0.5) is 11.5 Å². The van der Waals surface area contributed by atoms with Gasteiger partial charge in [-0.15, -0.1) is 0 Å². The smallest absolute Gasteiger partial charge is 0.259 e. The van der Waals surface area contributed by atoms with Crippen molar-refractivity contribution in [2.24, 2.45) is 5.92 Å². The highest BCUT2D eigenvalue weighted by Crippen LogP contribution is 2.17. The van der Waals surface area contributed by atoms with Gasteiger partial charge in [-0.2, -0.15) is 5.10 Å². The monoisotopic (exact) mass is 356 g/mol. The second-order valence-electron chi connectivity index (χ2n) is 7.37. The Morgan fingerprint density at radius 1 is 1.19 bits per heavy atom. The van der Waals surface area contributed by atoms with Crippen molar-refractivity contribution < 1.29 is 4.79 Å². The van der Waals surface area contributed by atoms with Gasteiger partial charge in [0, 0.05) is 38.4 Å². The fraction of sp³-hybridized carbons (Fsp3) is 0.526. The zero-order valence-corrected chi connectivity index (χ0v) is 16.1. The number of carbonyl (C=O) groups is 1. The SMILES string of the molecule is Cc1c(C(=O)Nc2ccc(N3CCN(C)CC3)nc2)cnn1CC(C)C. The quantitative estimate of drug-likeness (QED) is 0.890. The van der Waals surface area contributed by atoms with Gasteiger partial charge in [-0.05, 0) is 32.0 Å². The molecule has 0 spiro atoms. The van der Waals surface area contributed by atoms with E-state index < -0.39 is 0 Å². The van der Waals surface area contributed by atoms with Crippen LogP contribution in [0.1, 0.15) is 29.9 Å². The van der Waals surface area contributed by atoms with Crippen LogP contribution in [0, 0.1) is 12.8 Å². The summed E-state index contributed by atoms with van der Waals surface area (Å²) >= 11 is 0. The molecule has 2 aromatic rings. The summed E-state index contributed by atoms with van der Waals surface area (Å²) in [7, 11) is 2.13. The number of anilines is 2. The van der Waals surface area contributed by atoms with Crippen LogP contribution in [0.2, 0.25) is 0 Å². The van der Waals surface area contributed by atoms with Crippen LogP contribution in [-0.4, -0.2) is 58.8 Å². The number of hydrogen-bond donors (Lipinski definition) is 1. The maximum absolute atomic E-state index is 12.5. The summed E-state index contributed by atoms with van der Waals surface area (Å²) in [5.41, 5.74) is 2.19. The van der Waals surface area contributed by atoms with Gasteiger partial charge in [0.1, 0.15) is 5.82 Å². The minimum absolute atomic E-state index is 0.147. The molecule has 7 nitrogen and oxygen atoms in total. The molecular formula is C19H28N6O. The van der Waals surface area contributed by atoms with Crippen LogP contribution in [-0.2, 0) is 6.54 Å². The van der Waals surface area contributed by atoms with Crippen molar-refractivity contribution in [1.29, 1.82) is 0 Å². The molecule has 0 bridgehead atoms. The fourth-order valence-electron chi connectivity index (χ4n) is 3.08. The second kappa shape index (κ2) is 7.86. The first kappa shape index (κ1) is 18.4. The number of nitrogens with one attached hydrogen (secondary N) is 1. The third kappa shape index (κ3) is 4.22. The third-order valence-electron chi connectivity index (χ3n) is 4.72. The highest BCUT2D eigenvalue weighted by Gasteiger charge is 2.17. The topological polar surface area (TPSA) is 66.3 Å². The number of hydrogen-bond acceptors (Lipinski definition) is 5. The Balaban J connectivity index is 1.64. The van der Waals surface area contributed by atoms with E-state index in [0.717, 1.165) is 44.2 Å². The maximum atomic E-state index is 12.5. The molecule has 2 aromatic heterocycles. The van der Waals surface area contributed by atoms with Gasteiger partial charge in [-0.3, -0.25) is 9.48 Å². The number of amides is 1. The van der Waals surface area contributed by atoms with E-state index in [4.69, 9.17) is 0 Å². The first-order valence-corrected chi connectivity index (χ1v) is 9.17. The highest BCUT2D eigenvalue weighted by atomic mass is 16.1. The molecule has 0 radical (unpaired) electrons. The van der Waals surface area contributed by atoms with Gasteiger partial charge in [0.15, 0.2) is 0 Å². The number of rotatable bonds is 5. The number of nitrogens with zero attached hydrogens (tertiary/aromatic N) is 5. The molecule has 1 aliphatic rings. The van der Waals surface area contributed by atoms with E-state index in [1.807, 2.05) is 23.7 Å². The predicted octanol–water partition coefficient (Wildman–Crippen LogP) is 2.25. The molecule has 1 N–H and O–H groups in total. The molecule has 0 atom stereocenters. The molecule has 26 heavy (non-hydrogen) atoms. The van der Waals surface area contributed by atoms with Gasteiger partial charge in [0.25, 0.3) is 5.91 Å². The van der Waals surface area contributed by atoms with Crippen LogP contribution < -0.4 is 10.2 Å². The van der Waals surface area contributed by atoms with E-state index in [-0.39, 0.29) is 5.91 Å². The summed E-state index contributed by atoms with van der Waals surface area (Å²) in [6, 6.07) is 3.88. The lowest BCUT2D eigenvalue weighted by Gasteiger charge is -2.33. The molecule has 3 heterocycles. The fourth-order valence-corrected chi connectivity index (χ4v) is 3.08. The molecule has 1 saturated heterocycles. The van der Waals surface area contributed by atoms with E-state index in [2.05, 4.69) is 46.1 Å². The molecule has 0 saturated carbocycles. The van der Waals surface area contributed by atoms with Crippen LogP contribution in [0.3, 0.4) is 0 Å². The third-order valence-corrected chi connectivity index (χ3v) is 4.72. The Kier molecular flexibility index (Phi) is 5.56. The van der Waals surface area contributed by atoms with Crippen molar-refractivity contribution in [2.75, 3.05) is 43.4 Å². The van der Waals surface area contributed by atoms with E-state index in [1.165, 1.54) is 0 Å². The molecular weight excluding hydrogens is 328 g/mol. The summed E-state index contributed by atoms with van der Waals surface area (Å²) in [5.74, 6) is 1.29. The van der Waals surface area contributed by atoms with Crippen LogP contribution in [0.5, 0.6) is 0 Å². The van der Waals surface area contributed by atoms with Crippen molar-refractivity contribution in [3.63, 3.8) is 0 Å². The van der Waals surface area contributed by atoms with Crippen molar-refractivity contribution in [1.82, 2.24) is 19.7 Å². The van der Waals surface area contributed by atoms with Gasteiger partial charge in [0.2, 0.25) is 0 Å². The average molecular weight is 356 g/mol. The van der Waals surface area contributed by atoms with Crippen LogP contribution in [0.25, 0.3) is 0 Å². The summed E-state index contributed by atoms with van der Waals surface area (Å²) in [6.07, 6.45) is 3.36. The molecule has 7 heteroatoms. The molecule has 1 aliphatic heterocycles. The Hall–Kier alpha value is -2.41. The number of carbonyl (C=O) groups excluding carboxylic acids is 1. The van der Waals surface area contributed by atoms with E-state index in [0.29, 0.717) is 17.2 Å². The lowest BCUT2D eigenvalue weighted by atomic mass is 10.2. The number of likely N-dealkylation sites (N-methyl/N-ethyl adjacent to an activating group) is 1. The van der Waals surface area contributed by atoms with E-state index in [9.17, 15) is 4.79 Å². The Labute approximate surface area is 155 Å². The molecule has 1 fully saturated rings. The van der Waals surface area contributed by atoms with E-state index >= 15 is 0 Å². The van der Waals surface area contributed by atoms with Gasteiger partial charge in [-0.1, -0.05) is 13.8 Å². The Morgan fingerprint density at radius 2 is 1.92 bits per heavy atom.